The second-order valence-electron chi connectivity index (χ2n) is 9.68. The fourth-order valence-corrected chi connectivity index (χ4v) is 3.79. The first-order valence-electron chi connectivity index (χ1n) is 12.1. The maximum absolute atomic E-state index is 13.0. The molecule has 1 atom stereocenters. The Hall–Kier alpha value is -3.68. The highest BCUT2D eigenvalue weighted by Gasteiger charge is 2.28. The van der Waals surface area contributed by atoms with Crippen LogP contribution in [0.2, 0.25) is 0 Å². The third-order valence-electron chi connectivity index (χ3n) is 5.52. The highest BCUT2D eigenvalue weighted by atomic mass is 16.4. The van der Waals surface area contributed by atoms with Gasteiger partial charge in [-0.3, -0.25) is 9.59 Å². The van der Waals surface area contributed by atoms with Gasteiger partial charge < -0.3 is 19.8 Å². The fourth-order valence-electron chi connectivity index (χ4n) is 3.79. The van der Waals surface area contributed by atoms with E-state index in [0.29, 0.717) is 28.6 Å². The maximum atomic E-state index is 13.0. The number of carbonyl (C=O) groups is 2. The lowest BCUT2D eigenvalue weighted by Gasteiger charge is -2.32. The van der Waals surface area contributed by atoms with Gasteiger partial charge in [-0.1, -0.05) is 48.5 Å². The summed E-state index contributed by atoms with van der Waals surface area (Å²) in [6, 6.07) is 15.8. The molecule has 194 valence electrons. The Labute approximate surface area is 215 Å². The summed E-state index contributed by atoms with van der Waals surface area (Å²) in [7, 11) is 7.61. The van der Waals surface area contributed by atoms with Gasteiger partial charge in [0.15, 0.2) is 5.78 Å². The van der Waals surface area contributed by atoms with Crippen molar-refractivity contribution in [3.63, 3.8) is 0 Å². The first-order chi connectivity index (χ1) is 16.9. The Kier molecular flexibility index (Phi) is 10.2. The predicted molar refractivity (Wildman–Crippen MR) is 146 cm³/mol. The van der Waals surface area contributed by atoms with Gasteiger partial charge in [-0.25, -0.2) is 4.99 Å². The summed E-state index contributed by atoms with van der Waals surface area (Å²) < 4.78 is 0. The van der Waals surface area contributed by atoms with Crippen LogP contribution in [0.3, 0.4) is 0 Å². The van der Waals surface area contributed by atoms with Crippen LogP contribution in [-0.4, -0.2) is 90.3 Å². The zero-order valence-electron chi connectivity index (χ0n) is 22.6. The van der Waals surface area contributed by atoms with E-state index in [-0.39, 0.29) is 24.4 Å². The summed E-state index contributed by atoms with van der Waals surface area (Å²) in [6.07, 6.45) is 0. The van der Waals surface area contributed by atoms with Crippen molar-refractivity contribution >= 4 is 23.7 Å². The first kappa shape index (κ1) is 28.6. The van der Waals surface area contributed by atoms with E-state index in [2.05, 4.69) is 0 Å². The zero-order chi connectivity index (χ0) is 27.0. The SMILES string of the molecule is CC(C)N=C(N=C(N(C)C)N(C)C)N(CC(C(=O)O)c1cccc(C(=O)c2ccccc2)c1)C(C)C. The summed E-state index contributed by atoms with van der Waals surface area (Å²) in [4.78, 5) is 40.8. The molecule has 0 spiro atoms. The molecule has 0 heterocycles. The van der Waals surface area contributed by atoms with Crippen LogP contribution in [0, 0.1) is 0 Å². The fraction of sp³-hybridized carbons (Fsp3) is 0.429. The minimum absolute atomic E-state index is 0.0364. The number of ketones is 1. The Morgan fingerprint density at radius 2 is 1.44 bits per heavy atom. The number of benzene rings is 2. The number of aliphatic carboxylic acids is 1. The van der Waals surface area contributed by atoms with E-state index in [9.17, 15) is 14.7 Å². The largest absolute Gasteiger partial charge is 0.481 e. The average Bonchev–Trinajstić information content (AvgIpc) is 2.81. The minimum atomic E-state index is -0.974. The maximum Gasteiger partial charge on any atom is 0.312 e. The van der Waals surface area contributed by atoms with Gasteiger partial charge in [0.25, 0.3) is 0 Å². The Morgan fingerprint density at radius 1 is 0.861 bits per heavy atom. The summed E-state index contributed by atoms with van der Waals surface area (Å²) in [5.41, 5.74) is 1.58. The standard InChI is InChI=1S/C28H39N5O3/c1-19(2)29-27(30-28(31(5)6)32(7)8)33(20(3)4)18-24(26(35)36)22-15-12-16-23(17-22)25(34)21-13-10-9-11-14-21/h9-17,19-20,24H,18H2,1-8H3,(H,35,36). The van der Waals surface area contributed by atoms with Crippen molar-refractivity contribution in [2.24, 2.45) is 9.98 Å². The lowest BCUT2D eigenvalue weighted by molar-refractivity contribution is -0.139. The number of hydrogen-bond donors (Lipinski definition) is 1. The lowest BCUT2D eigenvalue weighted by Crippen LogP contribution is -2.44. The highest BCUT2D eigenvalue weighted by molar-refractivity contribution is 6.09. The summed E-state index contributed by atoms with van der Waals surface area (Å²) >= 11 is 0. The van der Waals surface area contributed by atoms with Crippen LogP contribution in [0.25, 0.3) is 0 Å². The molecule has 0 fully saturated rings. The summed E-state index contributed by atoms with van der Waals surface area (Å²) in [5, 5.41) is 10.2. The van der Waals surface area contributed by atoms with Crippen molar-refractivity contribution in [2.75, 3.05) is 34.7 Å². The number of carboxylic acids is 1. The number of rotatable bonds is 8. The Bertz CT molecular complexity index is 1080. The molecule has 2 aromatic rings. The second kappa shape index (κ2) is 12.9. The van der Waals surface area contributed by atoms with E-state index in [1.54, 1.807) is 36.4 Å². The molecule has 8 nitrogen and oxygen atoms in total. The van der Waals surface area contributed by atoms with E-state index in [1.807, 2.05) is 88.8 Å². The van der Waals surface area contributed by atoms with Gasteiger partial charge in [0, 0.05) is 57.9 Å². The summed E-state index contributed by atoms with van der Waals surface area (Å²) in [6.45, 7) is 8.06. The molecule has 0 aliphatic heterocycles. The van der Waals surface area contributed by atoms with Crippen LogP contribution < -0.4 is 0 Å². The molecular formula is C28H39N5O3. The van der Waals surface area contributed by atoms with Gasteiger partial charge in [-0.15, -0.1) is 0 Å². The van der Waals surface area contributed by atoms with Gasteiger partial charge in [0.05, 0.1) is 5.92 Å². The van der Waals surface area contributed by atoms with Gasteiger partial charge in [-0.05, 0) is 39.3 Å². The number of nitrogens with zero attached hydrogens (tertiary/aromatic N) is 5. The third kappa shape index (κ3) is 7.66. The van der Waals surface area contributed by atoms with Gasteiger partial charge in [0.2, 0.25) is 11.9 Å². The normalized spacial score (nSPS) is 12.3. The number of hydrogen-bond acceptors (Lipinski definition) is 3. The van der Waals surface area contributed by atoms with Crippen molar-refractivity contribution in [3.8, 4) is 0 Å². The number of carboxylic acid groups (broad SMARTS) is 1. The van der Waals surface area contributed by atoms with Crippen LogP contribution in [0.5, 0.6) is 0 Å². The van der Waals surface area contributed by atoms with Crippen LogP contribution in [0.4, 0.5) is 0 Å². The van der Waals surface area contributed by atoms with Crippen molar-refractivity contribution in [2.45, 2.75) is 45.7 Å². The van der Waals surface area contributed by atoms with E-state index in [0.717, 1.165) is 0 Å². The number of carbonyl (C=O) groups excluding carboxylic acids is 1. The molecule has 0 saturated carbocycles. The van der Waals surface area contributed by atoms with Crippen molar-refractivity contribution in [1.82, 2.24) is 14.7 Å². The lowest BCUT2D eigenvalue weighted by atomic mass is 9.94. The average molecular weight is 494 g/mol. The zero-order valence-corrected chi connectivity index (χ0v) is 22.6. The summed E-state index contributed by atoms with van der Waals surface area (Å²) in [5.74, 6) is -0.831. The van der Waals surface area contributed by atoms with Crippen molar-refractivity contribution in [3.05, 3.63) is 71.3 Å². The molecule has 2 rings (SSSR count). The molecule has 0 amide bonds. The molecule has 0 aromatic heterocycles. The number of aliphatic imine (C=N–C) groups is 2. The third-order valence-corrected chi connectivity index (χ3v) is 5.52. The molecule has 0 radical (unpaired) electrons. The van der Waals surface area contributed by atoms with E-state index < -0.39 is 11.9 Å². The van der Waals surface area contributed by atoms with E-state index >= 15 is 0 Å². The van der Waals surface area contributed by atoms with Crippen LogP contribution in [0.1, 0.15) is 55.1 Å². The first-order valence-corrected chi connectivity index (χ1v) is 12.1. The molecule has 0 saturated heterocycles. The minimum Gasteiger partial charge on any atom is -0.481 e. The molecule has 36 heavy (non-hydrogen) atoms. The molecular weight excluding hydrogens is 454 g/mol. The van der Waals surface area contributed by atoms with Crippen molar-refractivity contribution in [1.29, 1.82) is 0 Å². The van der Waals surface area contributed by atoms with Gasteiger partial charge in [0.1, 0.15) is 0 Å². The van der Waals surface area contributed by atoms with E-state index in [1.165, 1.54) is 0 Å². The Balaban J connectivity index is 2.51. The van der Waals surface area contributed by atoms with Crippen LogP contribution >= 0.6 is 0 Å². The molecule has 0 aliphatic rings. The van der Waals surface area contributed by atoms with Crippen LogP contribution in [0.15, 0.2) is 64.6 Å². The molecule has 8 heteroatoms. The highest BCUT2D eigenvalue weighted by Crippen LogP contribution is 2.23. The molecule has 0 aliphatic carbocycles. The monoisotopic (exact) mass is 493 g/mol. The van der Waals surface area contributed by atoms with Gasteiger partial charge in [-0.2, -0.15) is 4.99 Å². The van der Waals surface area contributed by atoms with E-state index in [4.69, 9.17) is 9.98 Å². The smallest absolute Gasteiger partial charge is 0.312 e. The number of guanidine groups is 2. The topological polar surface area (TPSA) is 88.8 Å². The predicted octanol–water partition coefficient (Wildman–Crippen LogP) is 4.04. The molecule has 2 aromatic carbocycles. The molecule has 1 unspecified atom stereocenters. The molecule has 0 bridgehead atoms. The molecule has 1 N–H and O–H groups in total. The van der Waals surface area contributed by atoms with Crippen LogP contribution in [-0.2, 0) is 4.79 Å². The van der Waals surface area contributed by atoms with Crippen molar-refractivity contribution < 1.29 is 14.7 Å². The van der Waals surface area contributed by atoms with Gasteiger partial charge >= 0.3 is 5.97 Å². The second-order valence-corrected chi connectivity index (χ2v) is 9.68. The quantitative estimate of drug-likeness (QED) is 0.339. The Morgan fingerprint density at radius 3 is 1.94 bits per heavy atom.